The second-order valence-corrected chi connectivity index (χ2v) is 14.9. The van der Waals surface area contributed by atoms with Crippen LogP contribution in [-0.4, -0.2) is 142 Å². The summed E-state index contributed by atoms with van der Waals surface area (Å²) in [4.78, 5) is 141. The molecule has 2 rings (SSSR count). The molecule has 0 unspecified atom stereocenters. The number of hydrogen-bond acceptors (Lipinski definition) is 13. The zero-order valence-corrected chi connectivity index (χ0v) is 34.6. The third kappa shape index (κ3) is 16.4. The Labute approximate surface area is 356 Å². The van der Waals surface area contributed by atoms with E-state index in [4.69, 9.17) is 22.9 Å². The second-order valence-electron chi connectivity index (χ2n) is 14.9. The number of aliphatic carboxylic acids is 1. The summed E-state index contributed by atoms with van der Waals surface area (Å²) in [6.07, 6.45) is -2.99. The van der Waals surface area contributed by atoms with Crippen molar-refractivity contribution < 1.29 is 63.0 Å². The van der Waals surface area contributed by atoms with E-state index in [1.54, 1.807) is 44.2 Å². The number of nitrogens with zero attached hydrogens (tertiary/aromatic N) is 1. The number of hydrogen-bond donors (Lipinski definition) is 12. The highest BCUT2D eigenvalue weighted by atomic mass is 16.4. The molecule has 0 aromatic heterocycles. The molecule has 16 N–H and O–H groups in total. The number of carboxylic acids is 1. The van der Waals surface area contributed by atoms with Crippen LogP contribution in [0.2, 0.25) is 0 Å². The molecule has 1 aromatic rings. The molecule has 62 heavy (non-hydrogen) atoms. The summed E-state index contributed by atoms with van der Waals surface area (Å²) in [5.41, 5.74) is 22.9. The minimum Gasteiger partial charge on any atom is -0.480 e. The van der Waals surface area contributed by atoms with E-state index >= 15 is 0 Å². The van der Waals surface area contributed by atoms with E-state index < -0.39 is 145 Å². The first kappa shape index (κ1) is 51.5. The van der Waals surface area contributed by atoms with Crippen molar-refractivity contribution in [3.63, 3.8) is 0 Å². The molecule has 1 aliphatic heterocycles. The van der Waals surface area contributed by atoms with Gasteiger partial charge in [-0.1, -0.05) is 50.6 Å². The Morgan fingerprint density at radius 1 is 0.726 bits per heavy atom. The summed E-state index contributed by atoms with van der Waals surface area (Å²) in [7, 11) is 0. The Morgan fingerprint density at radius 3 is 1.73 bits per heavy atom. The maximum atomic E-state index is 13.5. The monoisotopic (exact) mass is 875 g/mol. The maximum absolute atomic E-state index is 13.5. The fourth-order valence-corrected chi connectivity index (χ4v) is 6.36. The van der Waals surface area contributed by atoms with E-state index in [2.05, 4.69) is 31.9 Å². The molecular weight excluding hydrogens is 818 g/mol. The van der Waals surface area contributed by atoms with Crippen molar-refractivity contribution in [1.29, 1.82) is 0 Å². The van der Waals surface area contributed by atoms with Crippen molar-refractivity contribution in [2.24, 2.45) is 28.9 Å². The maximum Gasteiger partial charge on any atom is 0.326 e. The molecule has 1 fully saturated rings. The molecule has 342 valence electrons. The van der Waals surface area contributed by atoms with E-state index in [1.807, 2.05) is 0 Å². The molecular formula is C38H57N11O13. The first-order valence-electron chi connectivity index (χ1n) is 19.7. The lowest BCUT2D eigenvalue weighted by atomic mass is 9.98. The summed E-state index contributed by atoms with van der Waals surface area (Å²) in [5.74, 6) is -12.4. The number of nitrogens with one attached hydrogen (secondary N) is 6. The van der Waals surface area contributed by atoms with Crippen molar-refractivity contribution >= 4 is 65.0 Å². The van der Waals surface area contributed by atoms with Gasteiger partial charge in [0.2, 0.25) is 59.1 Å². The topological polar surface area (TPSA) is 408 Å². The molecule has 0 saturated carbocycles. The Balaban J connectivity index is 2.17. The molecule has 0 bridgehead atoms. The van der Waals surface area contributed by atoms with Crippen molar-refractivity contribution in [2.75, 3.05) is 13.1 Å². The van der Waals surface area contributed by atoms with Crippen molar-refractivity contribution in [1.82, 2.24) is 36.8 Å². The Hall–Kier alpha value is -6.69. The largest absolute Gasteiger partial charge is 0.480 e. The summed E-state index contributed by atoms with van der Waals surface area (Å²) in [6, 6.07) is -1.69. The predicted octanol–water partition coefficient (Wildman–Crippen LogP) is -5.77. The standard InChI is InChI=1S/C38H57N11O13/c1-4-18(2)30(38(61)62)48-36(59)31(19(3)50)47-29(54)17-43-32(55)22(14-26(40)51)44-33(56)23(15-27(41)52)45-34(57)24(16-28(42)53)46-35(58)25-11-8-12-49(25)37(60)21(39)13-20-9-6-5-7-10-20/h5-7,9-10,18-19,21-25,30-31,50H,4,8,11-17,39H2,1-3H3,(H2,40,51)(H2,41,52)(H2,42,53)(H,43,55)(H,44,56)(H,45,57)(H,46,58)(H,47,54)(H,48,59)(H,61,62)/t18-,19+,21-,22-,23-,24-,25-,30-,31-/m0/s1. The number of rotatable bonds is 25. The van der Waals surface area contributed by atoms with Crippen molar-refractivity contribution in [3.8, 4) is 0 Å². The lowest BCUT2D eigenvalue weighted by Gasteiger charge is -2.29. The van der Waals surface area contributed by atoms with Crippen LogP contribution in [0.3, 0.4) is 0 Å². The van der Waals surface area contributed by atoms with E-state index in [-0.39, 0.29) is 19.4 Å². The zero-order valence-electron chi connectivity index (χ0n) is 34.6. The quantitative estimate of drug-likeness (QED) is 0.0436. The van der Waals surface area contributed by atoms with Gasteiger partial charge in [0.25, 0.3) is 0 Å². The summed E-state index contributed by atoms with van der Waals surface area (Å²) in [5, 5.41) is 32.8. The molecule has 1 heterocycles. The molecule has 0 spiro atoms. The Bertz CT molecular complexity index is 1830. The highest BCUT2D eigenvalue weighted by Crippen LogP contribution is 2.20. The van der Waals surface area contributed by atoms with Crippen LogP contribution >= 0.6 is 0 Å². The molecule has 24 heteroatoms. The number of amides is 10. The molecule has 0 aliphatic carbocycles. The van der Waals surface area contributed by atoms with Gasteiger partial charge >= 0.3 is 5.97 Å². The number of carboxylic acid groups (broad SMARTS) is 1. The fourth-order valence-electron chi connectivity index (χ4n) is 6.36. The molecule has 24 nitrogen and oxygen atoms in total. The van der Waals surface area contributed by atoms with Gasteiger partial charge in [-0.25, -0.2) is 4.79 Å². The Kier molecular flexibility index (Phi) is 20.4. The van der Waals surface area contributed by atoms with E-state index in [0.717, 1.165) is 12.5 Å². The fraction of sp³-hybridized carbons (Fsp3) is 0.553. The zero-order chi connectivity index (χ0) is 46.8. The van der Waals surface area contributed by atoms with Gasteiger partial charge in [0.1, 0.15) is 36.3 Å². The molecule has 0 radical (unpaired) electrons. The average molecular weight is 876 g/mol. The number of carbonyl (C=O) groups excluding carboxylic acids is 10. The van der Waals surface area contributed by atoms with Gasteiger partial charge in [0.05, 0.1) is 38.0 Å². The lowest BCUT2D eigenvalue weighted by molar-refractivity contribution is -0.144. The SMILES string of the molecule is CC[C@H](C)[C@H](NC(=O)[C@@H](NC(=O)CNC(=O)[C@H](CC(N)=O)NC(=O)[C@H](CC(N)=O)NC(=O)[C@H](CC(N)=O)NC(=O)[C@@H]1CCCN1C(=O)[C@@H](N)Cc1ccccc1)[C@@H](C)O)C(=O)O. The van der Waals surface area contributed by atoms with Crippen LogP contribution in [0, 0.1) is 5.92 Å². The van der Waals surface area contributed by atoms with Crippen molar-refractivity contribution in [3.05, 3.63) is 35.9 Å². The second kappa shape index (κ2) is 24.5. The summed E-state index contributed by atoms with van der Waals surface area (Å²) in [6.45, 7) is 3.66. The normalized spacial score (nSPS) is 17.2. The number of likely N-dealkylation sites (tertiary alicyclic amines) is 1. The molecule has 1 aliphatic rings. The smallest absolute Gasteiger partial charge is 0.326 e. The van der Waals surface area contributed by atoms with Gasteiger partial charge in [-0.3, -0.25) is 47.9 Å². The van der Waals surface area contributed by atoms with E-state index in [9.17, 15) is 63.0 Å². The van der Waals surface area contributed by atoms with Crippen molar-refractivity contribution in [2.45, 2.75) is 114 Å². The third-order valence-electron chi connectivity index (χ3n) is 9.85. The number of aliphatic hydroxyl groups excluding tert-OH is 1. The van der Waals surface area contributed by atoms with Crippen LogP contribution in [0.1, 0.15) is 64.9 Å². The predicted molar refractivity (Wildman–Crippen MR) is 216 cm³/mol. The van der Waals surface area contributed by atoms with Gasteiger partial charge < -0.3 is 69.9 Å². The number of carbonyl (C=O) groups is 11. The van der Waals surface area contributed by atoms with Gasteiger partial charge in [-0.2, -0.15) is 0 Å². The highest BCUT2D eigenvalue weighted by Gasteiger charge is 2.39. The van der Waals surface area contributed by atoms with E-state index in [1.165, 1.54) is 4.90 Å². The lowest BCUT2D eigenvalue weighted by Crippen LogP contribution is -2.60. The van der Waals surface area contributed by atoms with Gasteiger partial charge in [-0.15, -0.1) is 0 Å². The van der Waals surface area contributed by atoms with E-state index in [0.29, 0.717) is 12.8 Å². The molecule has 1 aromatic carbocycles. The summed E-state index contributed by atoms with van der Waals surface area (Å²) < 4.78 is 0. The summed E-state index contributed by atoms with van der Waals surface area (Å²) >= 11 is 0. The number of primary amides is 3. The number of benzene rings is 1. The van der Waals surface area contributed by atoms with Gasteiger partial charge in [-0.05, 0) is 37.7 Å². The van der Waals surface area contributed by atoms with Gasteiger partial charge in [0.15, 0.2) is 0 Å². The van der Waals surface area contributed by atoms with Crippen LogP contribution in [0.5, 0.6) is 0 Å². The highest BCUT2D eigenvalue weighted by molar-refractivity contribution is 6.00. The first-order valence-corrected chi connectivity index (χ1v) is 19.7. The first-order chi connectivity index (χ1) is 29.0. The van der Waals surface area contributed by atoms with Gasteiger partial charge in [0, 0.05) is 6.54 Å². The van der Waals surface area contributed by atoms with Crippen LogP contribution in [0.25, 0.3) is 0 Å². The van der Waals surface area contributed by atoms with Crippen LogP contribution in [-0.2, 0) is 59.2 Å². The minimum absolute atomic E-state index is 0.171. The molecule has 1 saturated heterocycles. The van der Waals surface area contributed by atoms with Crippen LogP contribution in [0.15, 0.2) is 30.3 Å². The van der Waals surface area contributed by atoms with Crippen LogP contribution < -0.4 is 54.8 Å². The Morgan fingerprint density at radius 2 is 1.24 bits per heavy atom. The third-order valence-corrected chi connectivity index (χ3v) is 9.85. The molecule has 10 amide bonds. The minimum atomic E-state index is -1.89. The average Bonchev–Trinajstić information content (AvgIpc) is 3.69. The molecule has 9 atom stereocenters. The van der Waals surface area contributed by atoms with Crippen LogP contribution in [0.4, 0.5) is 0 Å². The number of aliphatic hydroxyl groups is 1. The number of nitrogens with two attached hydrogens (primary N) is 4.